The molecule has 15 heavy (non-hydrogen) atoms. The van der Waals surface area contributed by atoms with Crippen LogP contribution in [0.1, 0.15) is 24.2 Å². The maximum absolute atomic E-state index is 11.8. The largest absolute Gasteiger partial charge is 0.352 e. The minimum atomic E-state index is -0.00519. The van der Waals surface area contributed by atoms with E-state index in [0.29, 0.717) is 12.5 Å². The second-order valence-electron chi connectivity index (χ2n) is 3.73. The summed E-state index contributed by atoms with van der Waals surface area (Å²) in [7, 11) is 0. The van der Waals surface area contributed by atoms with Gasteiger partial charge in [-0.15, -0.1) is 0 Å². The molecule has 0 aromatic heterocycles. The van der Waals surface area contributed by atoms with E-state index in [0.717, 1.165) is 13.6 Å². The highest BCUT2D eigenvalue weighted by Gasteiger charge is 2.10. The van der Waals surface area contributed by atoms with E-state index in [-0.39, 0.29) is 5.91 Å². The van der Waals surface area contributed by atoms with Gasteiger partial charge in [0.05, 0.1) is 5.56 Å². The fourth-order valence-electron chi connectivity index (χ4n) is 1.06. The van der Waals surface area contributed by atoms with E-state index in [1.165, 1.54) is 0 Å². The summed E-state index contributed by atoms with van der Waals surface area (Å²) in [4.78, 5) is 11.8. The summed E-state index contributed by atoms with van der Waals surface area (Å²) in [5.41, 5.74) is 0.727. The maximum Gasteiger partial charge on any atom is 0.252 e. The number of hydrogen-bond donors (Lipinski definition) is 1. The molecule has 82 valence electrons. The summed E-state index contributed by atoms with van der Waals surface area (Å²) in [5.74, 6) is 0.466. The fraction of sp³-hybridized carbons (Fsp3) is 0.364. The molecule has 0 bridgehead atoms. The first-order valence-corrected chi connectivity index (χ1v) is 6.61. The van der Waals surface area contributed by atoms with Crippen LogP contribution in [-0.2, 0) is 0 Å². The Kier molecular flexibility index (Phi) is 5.05. The van der Waals surface area contributed by atoms with Gasteiger partial charge in [-0.25, -0.2) is 0 Å². The van der Waals surface area contributed by atoms with Crippen LogP contribution in [0.4, 0.5) is 0 Å². The summed E-state index contributed by atoms with van der Waals surface area (Å²) in [6, 6.07) is 5.70. The van der Waals surface area contributed by atoms with E-state index < -0.39 is 0 Å². The van der Waals surface area contributed by atoms with E-state index >= 15 is 0 Å². The van der Waals surface area contributed by atoms with Gasteiger partial charge in [-0.2, -0.15) is 0 Å². The third kappa shape index (κ3) is 4.10. The molecule has 0 aliphatic rings. The third-order valence-electron chi connectivity index (χ3n) is 1.84. The van der Waals surface area contributed by atoms with Crippen molar-refractivity contribution in [3.63, 3.8) is 0 Å². The highest BCUT2D eigenvalue weighted by atomic mass is 127. The van der Waals surface area contributed by atoms with Crippen LogP contribution in [0.2, 0.25) is 0 Å². The lowest BCUT2D eigenvalue weighted by molar-refractivity contribution is 0.0948. The molecule has 1 rings (SSSR count). The second kappa shape index (κ2) is 5.84. The van der Waals surface area contributed by atoms with Gasteiger partial charge in [0.15, 0.2) is 0 Å². The van der Waals surface area contributed by atoms with Crippen LogP contribution >= 0.6 is 38.5 Å². The van der Waals surface area contributed by atoms with Crippen LogP contribution in [0.15, 0.2) is 22.7 Å². The molecule has 0 aliphatic carbocycles. The molecular weight excluding hydrogens is 369 g/mol. The number of halogens is 2. The molecule has 4 heteroatoms. The predicted molar refractivity (Wildman–Crippen MR) is 74.0 cm³/mol. The van der Waals surface area contributed by atoms with Crippen LogP contribution in [-0.4, -0.2) is 12.5 Å². The quantitative estimate of drug-likeness (QED) is 0.798. The van der Waals surface area contributed by atoms with Crippen molar-refractivity contribution in [1.29, 1.82) is 0 Å². The molecule has 2 nitrogen and oxygen atoms in total. The molecule has 1 aromatic carbocycles. The number of nitrogens with one attached hydrogen (secondary N) is 1. The Morgan fingerprint density at radius 3 is 2.80 bits per heavy atom. The highest BCUT2D eigenvalue weighted by molar-refractivity contribution is 14.1. The average molecular weight is 382 g/mol. The summed E-state index contributed by atoms with van der Waals surface area (Å²) in [6.45, 7) is 4.86. The first-order chi connectivity index (χ1) is 7.00. The van der Waals surface area contributed by atoms with Crippen molar-refractivity contribution in [1.82, 2.24) is 5.32 Å². The molecule has 1 amide bonds. The lowest BCUT2D eigenvalue weighted by Gasteiger charge is -2.09. The molecule has 0 radical (unpaired) electrons. The monoisotopic (exact) mass is 381 g/mol. The van der Waals surface area contributed by atoms with Gasteiger partial charge in [0, 0.05) is 14.6 Å². The lowest BCUT2D eigenvalue weighted by atomic mass is 10.2. The molecule has 0 heterocycles. The van der Waals surface area contributed by atoms with Gasteiger partial charge in [-0.1, -0.05) is 29.8 Å². The van der Waals surface area contributed by atoms with Gasteiger partial charge in [-0.05, 0) is 46.7 Å². The zero-order valence-electron chi connectivity index (χ0n) is 8.68. The summed E-state index contributed by atoms with van der Waals surface area (Å²) in [5, 5.41) is 2.90. The Morgan fingerprint density at radius 1 is 1.53 bits per heavy atom. The molecule has 0 unspecified atom stereocenters. The highest BCUT2D eigenvalue weighted by Crippen LogP contribution is 2.18. The molecule has 0 saturated heterocycles. The van der Waals surface area contributed by atoms with Crippen molar-refractivity contribution in [2.45, 2.75) is 13.8 Å². The van der Waals surface area contributed by atoms with E-state index in [4.69, 9.17) is 0 Å². The number of amides is 1. The first kappa shape index (κ1) is 13.0. The van der Waals surface area contributed by atoms with Gasteiger partial charge in [0.1, 0.15) is 0 Å². The molecule has 0 saturated carbocycles. The predicted octanol–water partition coefficient (Wildman–Crippen LogP) is 3.44. The smallest absolute Gasteiger partial charge is 0.252 e. The summed E-state index contributed by atoms with van der Waals surface area (Å²) < 4.78 is 1.90. The standard InChI is InChI=1S/C11H13BrINO/c1-7(2)6-14-11(15)9-5-8(12)3-4-10(9)13/h3-5,7H,6H2,1-2H3,(H,14,15). The molecule has 0 spiro atoms. The summed E-state index contributed by atoms with van der Waals surface area (Å²) >= 11 is 5.53. The minimum absolute atomic E-state index is 0.00519. The average Bonchev–Trinajstić information content (AvgIpc) is 2.18. The van der Waals surface area contributed by atoms with Crippen molar-refractivity contribution < 1.29 is 4.79 Å². The van der Waals surface area contributed by atoms with E-state index in [1.807, 2.05) is 18.2 Å². The van der Waals surface area contributed by atoms with Gasteiger partial charge in [-0.3, -0.25) is 4.79 Å². The van der Waals surface area contributed by atoms with Gasteiger partial charge >= 0.3 is 0 Å². The Hall–Kier alpha value is -0.100. The molecule has 0 aliphatic heterocycles. The second-order valence-corrected chi connectivity index (χ2v) is 5.81. The maximum atomic E-state index is 11.8. The number of rotatable bonds is 3. The van der Waals surface area contributed by atoms with Gasteiger partial charge in [0.2, 0.25) is 0 Å². The van der Waals surface area contributed by atoms with Crippen LogP contribution in [0.5, 0.6) is 0 Å². The van der Waals surface area contributed by atoms with Crippen molar-refractivity contribution >= 4 is 44.4 Å². The van der Waals surface area contributed by atoms with Gasteiger partial charge < -0.3 is 5.32 Å². The van der Waals surface area contributed by atoms with E-state index in [9.17, 15) is 4.79 Å². The number of hydrogen-bond acceptors (Lipinski definition) is 1. The normalized spacial score (nSPS) is 10.5. The van der Waals surface area contributed by atoms with Crippen LogP contribution in [0, 0.1) is 9.49 Å². The minimum Gasteiger partial charge on any atom is -0.352 e. The summed E-state index contributed by atoms with van der Waals surface area (Å²) in [6.07, 6.45) is 0. The number of carbonyl (C=O) groups excluding carboxylic acids is 1. The number of carbonyl (C=O) groups is 1. The molecule has 0 atom stereocenters. The molecule has 0 fully saturated rings. The van der Waals surface area contributed by atoms with Crippen molar-refractivity contribution in [2.75, 3.05) is 6.54 Å². The van der Waals surface area contributed by atoms with E-state index in [1.54, 1.807) is 0 Å². The Bertz CT molecular complexity index is 366. The van der Waals surface area contributed by atoms with Crippen LogP contribution in [0.3, 0.4) is 0 Å². The molecule has 1 N–H and O–H groups in total. The van der Waals surface area contributed by atoms with Crippen molar-refractivity contribution in [3.05, 3.63) is 31.8 Å². The first-order valence-electron chi connectivity index (χ1n) is 4.74. The zero-order valence-corrected chi connectivity index (χ0v) is 12.4. The van der Waals surface area contributed by atoms with Crippen molar-refractivity contribution in [3.8, 4) is 0 Å². The SMILES string of the molecule is CC(C)CNC(=O)c1cc(Br)ccc1I. The molecule has 1 aromatic rings. The Labute approximate surface area is 112 Å². The zero-order chi connectivity index (χ0) is 11.4. The van der Waals surface area contributed by atoms with E-state index in [2.05, 4.69) is 57.7 Å². The van der Waals surface area contributed by atoms with Crippen LogP contribution in [0.25, 0.3) is 0 Å². The number of benzene rings is 1. The van der Waals surface area contributed by atoms with Crippen LogP contribution < -0.4 is 5.32 Å². The third-order valence-corrected chi connectivity index (χ3v) is 3.28. The van der Waals surface area contributed by atoms with Gasteiger partial charge in [0.25, 0.3) is 5.91 Å². The topological polar surface area (TPSA) is 29.1 Å². The molecular formula is C11H13BrINO. The Morgan fingerprint density at radius 2 is 2.20 bits per heavy atom. The Balaban J connectivity index is 2.77. The lowest BCUT2D eigenvalue weighted by Crippen LogP contribution is -2.27. The fourth-order valence-corrected chi connectivity index (χ4v) is 2.01. The van der Waals surface area contributed by atoms with Crippen molar-refractivity contribution in [2.24, 2.45) is 5.92 Å².